The molecule has 2 rings (SSSR count). The maximum Gasteiger partial charge on any atom is 0.119 e. The highest BCUT2D eigenvalue weighted by Crippen LogP contribution is 2.32. The molecule has 0 aliphatic carbocycles. The first-order valence-electron chi connectivity index (χ1n) is 8.25. The van der Waals surface area contributed by atoms with E-state index in [4.69, 9.17) is 4.74 Å². The number of ether oxygens (including phenoxy) is 1. The van der Waals surface area contributed by atoms with Gasteiger partial charge in [-0.25, -0.2) is 0 Å². The monoisotopic (exact) mass is 296 g/mol. The lowest BCUT2D eigenvalue weighted by Crippen LogP contribution is -2.09. The summed E-state index contributed by atoms with van der Waals surface area (Å²) in [4.78, 5) is 0. The maximum atomic E-state index is 5.31. The summed E-state index contributed by atoms with van der Waals surface area (Å²) in [7, 11) is 1.71. The molecule has 0 aliphatic heterocycles. The van der Waals surface area contributed by atoms with Crippen LogP contribution in [0.3, 0.4) is 0 Å². The summed E-state index contributed by atoms with van der Waals surface area (Å²) in [5, 5.41) is 0. The smallest absolute Gasteiger partial charge is 0.119 e. The predicted molar refractivity (Wildman–Crippen MR) is 95.5 cm³/mol. The van der Waals surface area contributed by atoms with Crippen molar-refractivity contribution in [2.75, 3.05) is 7.11 Å². The highest BCUT2D eigenvalue weighted by atomic mass is 16.5. The van der Waals surface area contributed by atoms with Crippen molar-refractivity contribution < 1.29 is 4.74 Å². The van der Waals surface area contributed by atoms with Gasteiger partial charge in [0, 0.05) is 0 Å². The molecule has 1 atom stereocenters. The fourth-order valence-corrected chi connectivity index (χ4v) is 3.03. The van der Waals surface area contributed by atoms with E-state index in [0.717, 1.165) is 11.7 Å². The van der Waals surface area contributed by atoms with Crippen LogP contribution in [0, 0.1) is 11.8 Å². The Hall–Kier alpha value is -1.76. The number of hydrogen-bond acceptors (Lipinski definition) is 1. The van der Waals surface area contributed by atoms with Gasteiger partial charge in [-0.1, -0.05) is 64.1 Å². The zero-order valence-electron chi connectivity index (χ0n) is 14.5. The SMILES string of the molecule is COc1cccc(-c2ccc([C@H](CC(C)C)C(C)C)cc2)c1. The van der Waals surface area contributed by atoms with Crippen molar-refractivity contribution in [3.05, 3.63) is 54.1 Å². The average Bonchev–Trinajstić information content (AvgIpc) is 2.52. The second-order valence-electron chi connectivity index (χ2n) is 6.83. The first-order chi connectivity index (χ1) is 10.5. The molecule has 1 nitrogen and oxygen atoms in total. The number of rotatable bonds is 6. The fourth-order valence-electron chi connectivity index (χ4n) is 3.03. The predicted octanol–water partition coefficient (Wildman–Crippen LogP) is 6.15. The van der Waals surface area contributed by atoms with Gasteiger partial charge in [-0.2, -0.15) is 0 Å². The van der Waals surface area contributed by atoms with Crippen molar-refractivity contribution in [1.82, 2.24) is 0 Å². The molecule has 0 radical (unpaired) electrons. The van der Waals surface area contributed by atoms with Gasteiger partial charge >= 0.3 is 0 Å². The number of hydrogen-bond donors (Lipinski definition) is 0. The fraction of sp³-hybridized carbons (Fsp3) is 0.429. The van der Waals surface area contributed by atoms with Crippen LogP contribution >= 0.6 is 0 Å². The quantitative estimate of drug-likeness (QED) is 0.621. The van der Waals surface area contributed by atoms with E-state index in [9.17, 15) is 0 Å². The molecule has 2 aromatic rings. The van der Waals surface area contributed by atoms with Crippen molar-refractivity contribution in [3.63, 3.8) is 0 Å². The summed E-state index contributed by atoms with van der Waals surface area (Å²) >= 11 is 0. The van der Waals surface area contributed by atoms with E-state index in [0.29, 0.717) is 11.8 Å². The van der Waals surface area contributed by atoms with E-state index in [1.54, 1.807) is 7.11 Å². The van der Waals surface area contributed by atoms with Gasteiger partial charge in [-0.05, 0) is 53.0 Å². The average molecular weight is 296 g/mol. The van der Waals surface area contributed by atoms with Gasteiger partial charge < -0.3 is 4.74 Å². The van der Waals surface area contributed by atoms with E-state index in [1.807, 2.05) is 12.1 Å². The van der Waals surface area contributed by atoms with E-state index in [-0.39, 0.29) is 0 Å². The highest BCUT2D eigenvalue weighted by Gasteiger charge is 2.17. The van der Waals surface area contributed by atoms with Crippen LogP contribution < -0.4 is 4.74 Å². The molecule has 0 N–H and O–H groups in total. The molecular weight excluding hydrogens is 268 g/mol. The third kappa shape index (κ3) is 4.13. The van der Waals surface area contributed by atoms with Crippen LogP contribution in [0.4, 0.5) is 0 Å². The summed E-state index contributed by atoms with van der Waals surface area (Å²) in [5.74, 6) is 2.94. The van der Waals surface area contributed by atoms with Crippen molar-refractivity contribution in [1.29, 1.82) is 0 Å². The second kappa shape index (κ2) is 7.49. The Morgan fingerprint density at radius 2 is 1.55 bits per heavy atom. The normalized spacial score (nSPS) is 12.7. The minimum absolute atomic E-state index is 0.638. The topological polar surface area (TPSA) is 9.23 Å². The minimum atomic E-state index is 0.638. The van der Waals surface area contributed by atoms with E-state index < -0.39 is 0 Å². The van der Waals surface area contributed by atoms with Gasteiger partial charge in [-0.15, -0.1) is 0 Å². The van der Waals surface area contributed by atoms with Gasteiger partial charge in [0.15, 0.2) is 0 Å². The van der Waals surface area contributed by atoms with Crippen molar-refractivity contribution >= 4 is 0 Å². The molecule has 0 aromatic heterocycles. The first kappa shape index (κ1) is 16.6. The zero-order chi connectivity index (χ0) is 16.1. The van der Waals surface area contributed by atoms with Crippen LogP contribution in [0.2, 0.25) is 0 Å². The molecule has 0 saturated heterocycles. The summed E-state index contributed by atoms with van der Waals surface area (Å²) < 4.78 is 5.31. The van der Waals surface area contributed by atoms with Crippen LogP contribution in [-0.2, 0) is 0 Å². The van der Waals surface area contributed by atoms with E-state index in [1.165, 1.54) is 23.1 Å². The van der Waals surface area contributed by atoms with Crippen LogP contribution in [0.15, 0.2) is 48.5 Å². The zero-order valence-corrected chi connectivity index (χ0v) is 14.5. The van der Waals surface area contributed by atoms with Crippen molar-refractivity contribution in [2.45, 2.75) is 40.0 Å². The lowest BCUT2D eigenvalue weighted by atomic mass is 9.82. The molecular formula is C21H28O. The number of benzene rings is 2. The Kier molecular flexibility index (Phi) is 5.65. The van der Waals surface area contributed by atoms with Crippen molar-refractivity contribution in [3.8, 4) is 16.9 Å². The molecule has 0 unspecified atom stereocenters. The molecule has 0 fully saturated rings. The van der Waals surface area contributed by atoms with E-state index in [2.05, 4.69) is 64.1 Å². The Labute approximate surface area is 135 Å². The number of methoxy groups -OCH3 is 1. The molecule has 22 heavy (non-hydrogen) atoms. The second-order valence-corrected chi connectivity index (χ2v) is 6.83. The Bertz CT molecular complexity index is 581. The third-order valence-electron chi connectivity index (χ3n) is 4.27. The molecule has 0 amide bonds. The van der Waals surface area contributed by atoms with Crippen molar-refractivity contribution in [2.24, 2.45) is 11.8 Å². The molecule has 0 saturated carbocycles. The maximum absolute atomic E-state index is 5.31. The molecule has 0 heterocycles. The molecule has 1 heteroatoms. The van der Waals surface area contributed by atoms with Crippen LogP contribution in [-0.4, -0.2) is 7.11 Å². The summed E-state index contributed by atoms with van der Waals surface area (Å²) in [6.07, 6.45) is 1.25. The summed E-state index contributed by atoms with van der Waals surface area (Å²) in [6.45, 7) is 9.26. The standard InChI is InChI=1S/C21H28O/c1-15(2)13-21(16(3)4)18-11-9-17(10-12-18)19-7-6-8-20(14-19)22-5/h6-12,14-16,21H,13H2,1-5H3/t21-/m1/s1. The van der Waals surface area contributed by atoms with Gasteiger partial charge in [0.25, 0.3) is 0 Å². The molecule has 0 aliphatic rings. The lowest BCUT2D eigenvalue weighted by Gasteiger charge is -2.23. The highest BCUT2D eigenvalue weighted by molar-refractivity contribution is 5.65. The Morgan fingerprint density at radius 1 is 0.864 bits per heavy atom. The largest absolute Gasteiger partial charge is 0.497 e. The van der Waals surface area contributed by atoms with Crippen LogP contribution in [0.5, 0.6) is 5.75 Å². The molecule has 0 bridgehead atoms. The van der Waals surface area contributed by atoms with Crippen LogP contribution in [0.25, 0.3) is 11.1 Å². The Balaban J connectivity index is 2.25. The summed E-state index contributed by atoms with van der Waals surface area (Å²) in [5.41, 5.74) is 3.90. The van der Waals surface area contributed by atoms with Gasteiger partial charge in [0.05, 0.1) is 7.11 Å². The molecule has 2 aromatic carbocycles. The van der Waals surface area contributed by atoms with Crippen LogP contribution in [0.1, 0.15) is 45.6 Å². The first-order valence-corrected chi connectivity index (χ1v) is 8.25. The molecule has 118 valence electrons. The minimum Gasteiger partial charge on any atom is -0.497 e. The third-order valence-corrected chi connectivity index (χ3v) is 4.27. The van der Waals surface area contributed by atoms with E-state index >= 15 is 0 Å². The van der Waals surface area contributed by atoms with Gasteiger partial charge in [0.2, 0.25) is 0 Å². The van der Waals surface area contributed by atoms with Gasteiger partial charge in [-0.3, -0.25) is 0 Å². The Morgan fingerprint density at radius 3 is 2.09 bits per heavy atom. The lowest BCUT2D eigenvalue weighted by molar-refractivity contribution is 0.408. The summed E-state index contributed by atoms with van der Waals surface area (Å²) in [6, 6.07) is 17.3. The molecule has 0 spiro atoms. The van der Waals surface area contributed by atoms with Gasteiger partial charge in [0.1, 0.15) is 5.75 Å².